The first-order valence-corrected chi connectivity index (χ1v) is 11.6. The summed E-state index contributed by atoms with van der Waals surface area (Å²) in [4.78, 5) is 13.1. The van der Waals surface area contributed by atoms with Crippen molar-refractivity contribution in [2.24, 2.45) is 0 Å². The second-order valence-corrected chi connectivity index (χ2v) is 10.3. The molecule has 0 saturated carbocycles. The fraction of sp³-hybridized carbons (Fsp3) is 0.318. The van der Waals surface area contributed by atoms with E-state index in [1.165, 1.54) is 6.07 Å². The van der Waals surface area contributed by atoms with E-state index in [2.05, 4.69) is 15.6 Å². The number of hydrogen-bond acceptors (Lipinski definition) is 7. The maximum absolute atomic E-state index is 13.6. The summed E-state index contributed by atoms with van der Waals surface area (Å²) in [5, 5.41) is 11.6. The molecule has 1 aliphatic heterocycles. The number of amides is 1. The molecule has 1 N–H and O–H groups in total. The molecule has 32 heavy (non-hydrogen) atoms. The van der Waals surface area contributed by atoms with Crippen LogP contribution in [0.15, 0.2) is 59.5 Å². The SMILES string of the molecule is CC(C)(C)OC(=O)N1Cc2c(nnn2Cc2ccccc2)CNc2ccccc2S1(=O)=O. The molecule has 10 heteroatoms. The van der Waals surface area contributed by atoms with Gasteiger partial charge in [0.05, 0.1) is 31.0 Å². The quantitative estimate of drug-likeness (QED) is 0.631. The van der Waals surface area contributed by atoms with Gasteiger partial charge in [-0.05, 0) is 38.5 Å². The Morgan fingerprint density at radius 1 is 1.09 bits per heavy atom. The highest BCUT2D eigenvalue weighted by molar-refractivity contribution is 7.89. The van der Waals surface area contributed by atoms with Gasteiger partial charge < -0.3 is 10.1 Å². The van der Waals surface area contributed by atoms with E-state index in [4.69, 9.17) is 4.74 Å². The molecule has 0 saturated heterocycles. The Morgan fingerprint density at radius 3 is 2.50 bits per heavy atom. The molecule has 168 valence electrons. The minimum Gasteiger partial charge on any atom is -0.443 e. The molecule has 1 aromatic heterocycles. The van der Waals surface area contributed by atoms with Crippen molar-refractivity contribution in [3.63, 3.8) is 0 Å². The molecule has 1 aliphatic rings. The lowest BCUT2D eigenvalue weighted by Crippen LogP contribution is -2.41. The lowest BCUT2D eigenvalue weighted by atomic mass is 10.2. The monoisotopic (exact) mass is 455 g/mol. The number of rotatable bonds is 2. The number of nitrogens with zero attached hydrogens (tertiary/aromatic N) is 4. The number of aromatic nitrogens is 3. The molecule has 0 radical (unpaired) electrons. The number of carbonyl (C=O) groups is 1. The first-order chi connectivity index (χ1) is 15.1. The van der Waals surface area contributed by atoms with Gasteiger partial charge in [-0.3, -0.25) is 0 Å². The molecular weight excluding hydrogens is 430 g/mol. The third-order valence-electron chi connectivity index (χ3n) is 4.89. The number of benzene rings is 2. The van der Waals surface area contributed by atoms with Gasteiger partial charge in [-0.1, -0.05) is 47.7 Å². The number of sulfonamides is 1. The fourth-order valence-corrected chi connectivity index (χ4v) is 4.83. The van der Waals surface area contributed by atoms with E-state index in [1.54, 1.807) is 43.7 Å². The zero-order chi connectivity index (χ0) is 22.9. The van der Waals surface area contributed by atoms with Crippen molar-refractivity contribution in [3.8, 4) is 0 Å². The Labute approximate surface area is 187 Å². The predicted molar refractivity (Wildman–Crippen MR) is 118 cm³/mol. The van der Waals surface area contributed by atoms with Gasteiger partial charge in [0.25, 0.3) is 10.0 Å². The second-order valence-electron chi connectivity index (χ2n) is 8.47. The molecule has 2 heterocycles. The molecule has 0 atom stereocenters. The van der Waals surface area contributed by atoms with Crippen LogP contribution in [-0.2, 0) is 34.4 Å². The zero-order valence-corrected chi connectivity index (χ0v) is 19.0. The van der Waals surface area contributed by atoms with Gasteiger partial charge >= 0.3 is 6.09 Å². The van der Waals surface area contributed by atoms with E-state index in [0.717, 1.165) is 9.87 Å². The van der Waals surface area contributed by atoms with Crippen molar-refractivity contribution in [1.82, 2.24) is 19.3 Å². The van der Waals surface area contributed by atoms with E-state index in [0.29, 0.717) is 23.6 Å². The van der Waals surface area contributed by atoms with Crippen LogP contribution < -0.4 is 5.32 Å². The van der Waals surface area contributed by atoms with Gasteiger partial charge in [0, 0.05) is 0 Å². The van der Waals surface area contributed by atoms with Gasteiger partial charge in [-0.2, -0.15) is 4.31 Å². The predicted octanol–water partition coefficient (Wildman–Crippen LogP) is 3.38. The summed E-state index contributed by atoms with van der Waals surface area (Å²) in [5.74, 6) is 0. The molecule has 4 rings (SSSR count). The van der Waals surface area contributed by atoms with Crippen molar-refractivity contribution in [3.05, 3.63) is 71.5 Å². The standard InChI is InChI=1S/C22H25N5O4S/c1-22(2,3)31-21(28)27-15-19-18(24-25-26(19)14-16-9-5-4-6-10-16)13-23-17-11-7-8-12-20(17)32(27,29)30/h4-12,23H,13-15H2,1-3H3. The lowest BCUT2D eigenvalue weighted by Gasteiger charge is -2.27. The molecule has 0 aliphatic carbocycles. The van der Waals surface area contributed by atoms with Crippen LogP contribution in [-0.4, -0.2) is 39.4 Å². The van der Waals surface area contributed by atoms with E-state index in [-0.39, 0.29) is 18.0 Å². The topological polar surface area (TPSA) is 106 Å². The average molecular weight is 456 g/mol. The lowest BCUT2D eigenvalue weighted by molar-refractivity contribution is 0.0378. The number of nitrogens with one attached hydrogen (secondary N) is 1. The van der Waals surface area contributed by atoms with E-state index >= 15 is 0 Å². The summed E-state index contributed by atoms with van der Waals surface area (Å²) in [7, 11) is -4.22. The molecule has 0 spiro atoms. The Balaban J connectivity index is 1.81. The van der Waals surface area contributed by atoms with Crippen molar-refractivity contribution < 1.29 is 17.9 Å². The van der Waals surface area contributed by atoms with Gasteiger partial charge in [0.2, 0.25) is 0 Å². The zero-order valence-electron chi connectivity index (χ0n) is 18.1. The minimum absolute atomic E-state index is 0.00131. The van der Waals surface area contributed by atoms with Gasteiger partial charge in [0.1, 0.15) is 16.2 Å². The van der Waals surface area contributed by atoms with Crippen molar-refractivity contribution in [1.29, 1.82) is 0 Å². The molecular formula is C22H25N5O4S. The van der Waals surface area contributed by atoms with Crippen LogP contribution >= 0.6 is 0 Å². The number of anilines is 1. The first-order valence-electron chi connectivity index (χ1n) is 10.2. The van der Waals surface area contributed by atoms with Gasteiger partial charge in [-0.15, -0.1) is 5.10 Å². The number of ether oxygens (including phenoxy) is 1. The normalized spacial score (nSPS) is 15.4. The van der Waals surface area contributed by atoms with Gasteiger partial charge in [-0.25, -0.2) is 17.9 Å². The van der Waals surface area contributed by atoms with Crippen LogP contribution in [0.1, 0.15) is 37.7 Å². The highest BCUT2D eigenvalue weighted by Crippen LogP contribution is 2.30. The number of fused-ring (bicyclic) bond motifs is 2. The Kier molecular flexibility index (Phi) is 5.64. The van der Waals surface area contributed by atoms with E-state index in [1.807, 2.05) is 30.3 Å². The van der Waals surface area contributed by atoms with Crippen LogP contribution in [0, 0.1) is 0 Å². The highest BCUT2D eigenvalue weighted by Gasteiger charge is 2.37. The van der Waals surface area contributed by atoms with Crippen molar-refractivity contribution in [2.45, 2.75) is 50.9 Å². The maximum Gasteiger partial charge on any atom is 0.424 e. The molecule has 0 unspecified atom stereocenters. The molecule has 2 aromatic carbocycles. The molecule has 0 bridgehead atoms. The number of hydrogen-bond donors (Lipinski definition) is 1. The Bertz CT molecular complexity index is 1230. The third kappa shape index (κ3) is 4.45. The summed E-state index contributed by atoms with van der Waals surface area (Å²) in [5.41, 5.74) is 1.56. The number of para-hydroxylation sites is 1. The third-order valence-corrected chi connectivity index (χ3v) is 6.66. The summed E-state index contributed by atoms with van der Waals surface area (Å²) in [6.45, 7) is 5.47. The van der Waals surface area contributed by atoms with Gasteiger partial charge in [0.15, 0.2) is 0 Å². The molecule has 9 nitrogen and oxygen atoms in total. The van der Waals surface area contributed by atoms with Crippen LogP contribution in [0.2, 0.25) is 0 Å². The van der Waals surface area contributed by atoms with Crippen LogP contribution in [0.5, 0.6) is 0 Å². The largest absolute Gasteiger partial charge is 0.443 e. The Morgan fingerprint density at radius 2 is 1.78 bits per heavy atom. The van der Waals surface area contributed by atoms with E-state index in [9.17, 15) is 13.2 Å². The smallest absolute Gasteiger partial charge is 0.424 e. The number of carbonyl (C=O) groups excluding carboxylic acids is 1. The summed E-state index contributed by atoms with van der Waals surface area (Å²) >= 11 is 0. The van der Waals surface area contributed by atoms with Crippen LogP contribution in [0.4, 0.5) is 10.5 Å². The van der Waals surface area contributed by atoms with Crippen LogP contribution in [0.25, 0.3) is 0 Å². The summed E-state index contributed by atoms with van der Waals surface area (Å²) in [6.07, 6.45) is -0.951. The average Bonchev–Trinajstić information content (AvgIpc) is 3.11. The summed E-state index contributed by atoms with van der Waals surface area (Å²) in [6, 6.07) is 16.1. The maximum atomic E-state index is 13.6. The van der Waals surface area contributed by atoms with Crippen molar-refractivity contribution in [2.75, 3.05) is 5.32 Å². The first kappa shape index (κ1) is 21.8. The molecule has 0 fully saturated rings. The summed E-state index contributed by atoms with van der Waals surface area (Å²) < 4.78 is 35.0. The highest BCUT2D eigenvalue weighted by atomic mass is 32.2. The second kappa shape index (κ2) is 8.27. The Hall–Kier alpha value is -3.40. The molecule has 3 aromatic rings. The van der Waals surface area contributed by atoms with E-state index < -0.39 is 21.7 Å². The molecule has 1 amide bonds. The van der Waals surface area contributed by atoms with Crippen molar-refractivity contribution >= 4 is 21.8 Å². The fourth-order valence-electron chi connectivity index (χ4n) is 3.39. The minimum atomic E-state index is -4.22. The van der Waals surface area contributed by atoms with Crippen LogP contribution in [0.3, 0.4) is 0 Å².